The first-order chi connectivity index (χ1) is 8.87. The van der Waals surface area contributed by atoms with Crippen LogP contribution in [-0.4, -0.2) is 24.7 Å². The van der Waals surface area contributed by atoms with Gasteiger partial charge in [0.25, 0.3) is 0 Å². The molecule has 1 aromatic rings. The quantitative estimate of drug-likeness (QED) is 0.832. The minimum atomic E-state index is -0.420. The summed E-state index contributed by atoms with van der Waals surface area (Å²) in [6.45, 7) is 9.36. The van der Waals surface area contributed by atoms with E-state index in [9.17, 15) is 4.79 Å². The Morgan fingerprint density at radius 2 is 2.05 bits per heavy atom. The van der Waals surface area contributed by atoms with Crippen LogP contribution in [0.25, 0.3) is 0 Å². The summed E-state index contributed by atoms with van der Waals surface area (Å²) in [4.78, 5) is 12.3. The lowest BCUT2D eigenvalue weighted by Gasteiger charge is -2.24. The van der Waals surface area contributed by atoms with Crippen molar-refractivity contribution in [3.63, 3.8) is 0 Å². The second-order valence-corrected chi connectivity index (χ2v) is 6.32. The number of benzene rings is 1. The molecule has 104 valence electrons. The largest absolute Gasteiger partial charge is 0.460 e. The molecule has 1 saturated heterocycles. The van der Waals surface area contributed by atoms with E-state index in [1.165, 1.54) is 11.1 Å². The first kappa shape index (κ1) is 14.1. The van der Waals surface area contributed by atoms with Crippen molar-refractivity contribution in [2.45, 2.75) is 39.2 Å². The highest BCUT2D eigenvalue weighted by Crippen LogP contribution is 2.30. The number of hydrogen-bond acceptors (Lipinski definition) is 3. The Bertz CT molecular complexity index is 462. The molecule has 2 atom stereocenters. The van der Waals surface area contributed by atoms with E-state index >= 15 is 0 Å². The molecule has 1 aliphatic rings. The Morgan fingerprint density at radius 1 is 1.32 bits per heavy atom. The number of nitrogens with one attached hydrogen (secondary N) is 1. The smallest absolute Gasteiger partial charge is 0.311 e. The van der Waals surface area contributed by atoms with Crippen LogP contribution in [0.4, 0.5) is 0 Å². The highest BCUT2D eigenvalue weighted by atomic mass is 16.6. The van der Waals surface area contributed by atoms with E-state index in [1.807, 2.05) is 20.8 Å². The van der Waals surface area contributed by atoms with Crippen LogP contribution in [0.3, 0.4) is 0 Å². The van der Waals surface area contributed by atoms with Gasteiger partial charge in [0.2, 0.25) is 0 Å². The van der Waals surface area contributed by atoms with Gasteiger partial charge in [-0.3, -0.25) is 4.79 Å². The van der Waals surface area contributed by atoms with Gasteiger partial charge in [0.1, 0.15) is 5.60 Å². The number of hydrogen-bond donors (Lipinski definition) is 1. The number of carbonyl (C=O) groups excluding carboxylic acids is 1. The van der Waals surface area contributed by atoms with E-state index in [-0.39, 0.29) is 17.8 Å². The standard InChI is InChI=1S/C16H23NO2/c1-11-6-5-7-12(8-11)13-9-17-10-14(13)15(18)19-16(2,3)4/h5-8,13-14,17H,9-10H2,1-4H3. The predicted octanol–water partition coefficient (Wildman–Crippen LogP) is 2.64. The molecule has 0 spiro atoms. The predicted molar refractivity (Wildman–Crippen MR) is 76.1 cm³/mol. The van der Waals surface area contributed by atoms with Crippen LogP contribution in [0.5, 0.6) is 0 Å². The molecule has 2 unspecified atom stereocenters. The summed E-state index contributed by atoms with van der Waals surface area (Å²) in [5.74, 6) is 0.0415. The molecule has 3 nitrogen and oxygen atoms in total. The van der Waals surface area contributed by atoms with Crippen molar-refractivity contribution in [1.29, 1.82) is 0 Å². The van der Waals surface area contributed by atoms with Crippen LogP contribution < -0.4 is 5.32 Å². The number of esters is 1. The van der Waals surface area contributed by atoms with Gasteiger partial charge < -0.3 is 10.1 Å². The van der Waals surface area contributed by atoms with Crippen molar-refractivity contribution in [2.24, 2.45) is 5.92 Å². The summed E-state index contributed by atoms with van der Waals surface area (Å²) in [7, 11) is 0. The van der Waals surface area contributed by atoms with E-state index < -0.39 is 5.60 Å². The Balaban J connectivity index is 2.15. The second kappa shape index (κ2) is 5.33. The lowest BCUT2D eigenvalue weighted by atomic mass is 9.88. The molecule has 1 aliphatic heterocycles. The number of ether oxygens (including phenoxy) is 1. The molecule has 0 aromatic heterocycles. The van der Waals surface area contributed by atoms with Gasteiger partial charge in [-0.05, 0) is 33.3 Å². The molecule has 1 N–H and O–H groups in total. The Kier molecular flexibility index (Phi) is 3.95. The molecule has 3 heteroatoms. The topological polar surface area (TPSA) is 38.3 Å². The fourth-order valence-electron chi connectivity index (χ4n) is 2.55. The van der Waals surface area contributed by atoms with Crippen molar-refractivity contribution < 1.29 is 9.53 Å². The maximum atomic E-state index is 12.3. The average Bonchev–Trinajstić information content (AvgIpc) is 2.75. The third-order valence-electron chi connectivity index (χ3n) is 3.39. The summed E-state index contributed by atoms with van der Waals surface area (Å²) in [5, 5.41) is 3.31. The molecular weight excluding hydrogens is 238 g/mol. The zero-order chi connectivity index (χ0) is 14.0. The van der Waals surface area contributed by atoms with Crippen molar-refractivity contribution in [3.05, 3.63) is 35.4 Å². The molecule has 1 aromatic carbocycles. The number of aryl methyl sites for hydroxylation is 1. The first-order valence-electron chi connectivity index (χ1n) is 6.87. The van der Waals surface area contributed by atoms with Gasteiger partial charge >= 0.3 is 5.97 Å². The molecule has 0 bridgehead atoms. The van der Waals surface area contributed by atoms with Gasteiger partial charge in [-0.1, -0.05) is 29.8 Å². The van der Waals surface area contributed by atoms with E-state index in [0.29, 0.717) is 6.54 Å². The summed E-state index contributed by atoms with van der Waals surface area (Å²) >= 11 is 0. The average molecular weight is 261 g/mol. The van der Waals surface area contributed by atoms with Crippen LogP contribution in [0.15, 0.2) is 24.3 Å². The molecule has 0 radical (unpaired) electrons. The van der Waals surface area contributed by atoms with E-state index in [1.54, 1.807) is 0 Å². The number of rotatable bonds is 2. The number of carbonyl (C=O) groups is 1. The zero-order valence-corrected chi connectivity index (χ0v) is 12.2. The molecule has 1 heterocycles. The van der Waals surface area contributed by atoms with Gasteiger partial charge in [0, 0.05) is 19.0 Å². The minimum absolute atomic E-state index is 0.0824. The third-order valence-corrected chi connectivity index (χ3v) is 3.39. The summed E-state index contributed by atoms with van der Waals surface area (Å²) in [6.07, 6.45) is 0. The van der Waals surface area contributed by atoms with E-state index in [0.717, 1.165) is 6.54 Å². The second-order valence-electron chi connectivity index (χ2n) is 6.32. The van der Waals surface area contributed by atoms with Crippen LogP contribution in [0, 0.1) is 12.8 Å². The van der Waals surface area contributed by atoms with E-state index in [4.69, 9.17) is 4.74 Å². The van der Waals surface area contributed by atoms with Crippen LogP contribution >= 0.6 is 0 Å². The molecule has 0 saturated carbocycles. The van der Waals surface area contributed by atoms with Gasteiger partial charge in [0.15, 0.2) is 0 Å². The normalized spacial score (nSPS) is 23.4. The third kappa shape index (κ3) is 3.57. The van der Waals surface area contributed by atoms with Crippen molar-refractivity contribution in [2.75, 3.05) is 13.1 Å². The van der Waals surface area contributed by atoms with Crippen molar-refractivity contribution in [3.8, 4) is 0 Å². The van der Waals surface area contributed by atoms with Gasteiger partial charge in [-0.15, -0.1) is 0 Å². The zero-order valence-electron chi connectivity index (χ0n) is 12.2. The van der Waals surface area contributed by atoms with Crippen LogP contribution in [0.2, 0.25) is 0 Å². The molecule has 0 aliphatic carbocycles. The minimum Gasteiger partial charge on any atom is -0.460 e. The Morgan fingerprint density at radius 3 is 2.68 bits per heavy atom. The van der Waals surface area contributed by atoms with Crippen molar-refractivity contribution in [1.82, 2.24) is 5.32 Å². The Labute approximate surface area is 115 Å². The summed E-state index contributed by atoms with van der Waals surface area (Å²) in [5.41, 5.74) is 2.03. The maximum Gasteiger partial charge on any atom is 0.311 e. The molecule has 2 rings (SSSR count). The van der Waals surface area contributed by atoms with Gasteiger partial charge in [-0.2, -0.15) is 0 Å². The molecule has 19 heavy (non-hydrogen) atoms. The monoisotopic (exact) mass is 261 g/mol. The summed E-state index contributed by atoms with van der Waals surface area (Å²) in [6, 6.07) is 8.39. The fourth-order valence-corrected chi connectivity index (χ4v) is 2.55. The van der Waals surface area contributed by atoms with Gasteiger partial charge in [0.05, 0.1) is 5.92 Å². The van der Waals surface area contributed by atoms with Crippen molar-refractivity contribution >= 4 is 5.97 Å². The van der Waals surface area contributed by atoms with Gasteiger partial charge in [-0.25, -0.2) is 0 Å². The lowest BCUT2D eigenvalue weighted by Crippen LogP contribution is -2.31. The highest BCUT2D eigenvalue weighted by molar-refractivity contribution is 5.75. The van der Waals surface area contributed by atoms with Crippen LogP contribution in [-0.2, 0) is 9.53 Å². The fraction of sp³-hybridized carbons (Fsp3) is 0.562. The first-order valence-corrected chi connectivity index (χ1v) is 6.87. The van der Waals surface area contributed by atoms with Crippen LogP contribution in [0.1, 0.15) is 37.8 Å². The Hall–Kier alpha value is -1.35. The molecular formula is C16H23NO2. The van der Waals surface area contributed by atoms with E-state index in [2.05, 4.69) is 36.5 Å². The summed E-state index contributed by atoms with van der Waals surface area (Å²) < 4.78 is 5.52. The maximum absolute atomic E-state index is 12.3. The lowest BCUT2D eigenvalue weighted by molar-refractivity contribution is -0.159. The molecule has 0 amide bonds. The highest BCUT2D eigenvalue weighted by Gasteiger charge is 2.36. The molecule has 1 fully saturated rings. The SMILES string of the molecule is Cc1cccc(C2CNCC2C(=O)OC(C)(C)C)c1.